The zero-order chi connectivity index (χ0) is 38.9. The highest BCUT2D eigenvalue weighted by molar-refractivity contribution is 5.97. The van der Waals surface area contributed by atoms with Crippen LogP contribution in [0.2, 0.25) is 0 Å². The number of ether oxygens (including phenoxy) is 1. The van der Waals surface area contributed by atoms with Gasteiger partial charge in [-0.25, -0.2) is 0 Å². The molecule has 3 fully saturated rings. The first kappa shape index (κ1) is 39.6. The number of hydrogen-bond acceptors (Lipinski definition) is 10. The summed E-state index contributed by atoms with van der Waals surface area (Å²) in [7, 11) is 9.49. The third-order valence-corrected chi connectivity index (χ3v) is 12.1. The van der Waals surface area contributed by atoms with E-state index in [-0.39, 0.29) is 49.0 Å². The zero-order valence-corrected chi connectivity index (χ0v) is 33.1. The maximum atomic E-state index is 14.1. The first-order chi connectivity index (χ1) is 25.7. The normalized spacial score (nSPS) is 26.3. The summed E-state index contributed by atoms with van der Waals surface area (Å²) in [4.78, 5) is 42.9. The van der Waals surface area contributed by atoms with Gasteiger partial charge >= 0.3 is 0 Å². The Kier molecular flexibility index (Phi) is 11.7. The monoisotopic (exact) mass is 741 g/mol. The predicted octanol–water partition coefficient (Wildman–Crippen LogP) is 3.72. The van der Waals surface area contributed by atoms with Crippen molar-refractivity contribution in [3.8, 4) is 16.9 Å². The van der Waals surface area contributed by atoms with E-state index in [1.165, 1.54) is 0 Å². The topological polar surface area (TPSA) is 146 Å². The fourth-order valence-electron chi connectivity index (χ4n) is 9.54. The zero-order valence-electron chi connectivity index (χ0n) is 33.1. The summed E-state index contributed by atoms with van der Waals surface area (Å²) in [5.41, 5.74) is 11.2. The van der Waals surface area contributed by atoms with Crippen molar-refractivity contribution in [3.05, 3.63) is 77.6 Å². The molecule has 1 aromatic heterocycles. The number of amides is 2. The van der Waals surface area contributed by atoms with E-state index in [2.05, 4.69) is 41.3 Å². The van der Waals surface area contributed by atoms with Gasteiger partial charge in [-0.2, -0.15) is 5.06 Å². The highest BCUT2D eigenvalue weighted by Crippen LogP contribution is 2.69. The van der Waals surface area contributed by atoms with Gasteiger partial charge in [0.15, 0.2) is 0 Å². The fraction of sp³-hybridized carbons (Fsp3) is 0.548. The first-order valence-corrected chi connectivity index (χ1v) is 19.1. The van der Waals surface area contributed by atoms with Crippen molar-refractivity contribution in [2.45, 2.75) is 70.8 Å². The van der Waals surface area contributed by atoms with Crippen molar-refractivity contribution >= 4 is 17.5 Å². The molecule has 7 atom stereocenters. The number of hydroxylamine groups is 2. The molecule has 292 valence electrons. The van der Waals surface area contributed by atoms with Gasteiger partial charge < -0.3 is 36.0 Å². The minimum absolute atomic E-state index is 0.0857. The van der Waals surface area contributed by atoms with E-state index in [0.29, 0.717) is 35.6 Å². The number of fused-ring (bicyclic) bond motifs is 1. The summed E-state index contributed by atoms with van der Waals surface area (Å²) >= 11 is 0. The molecule has 2 amide bonds. The van der Waals surface area contributed by atoms with Crippen LogP contribution in [0.4, 0.5) is 5.69 Å². The van der Waals surface area contributed by atoms with Crippen LogP contribution >= 0.6 is 0 Å². The van der Waals surface area contributed by atoms with E-state index in [4.69, 9.17) is 15.3 Å². The molecule has 5 N–H and O–H groups in total. The molecule has 12 heteroatoms. The Bertz CT molecular complexity index is 1800. The second kappa shape index (κ2) is 16.0. The highest BCUT2D eigenvalue weighted by atomic mass is 16.7. The van der Waals surface area contributed by atoms with Crippen LogP contribution in [0, 0.1) is 22.7 Å². The van der Waals surface area contributed by atoms with Crippen LogP contribution in [0.15, 0.2) is 60.8 Å². The van der Waals surface area contributed by atoms with Gasteiger partial charge in [0.05, 0.1) is 26.4 Å². The number of nitrogens with one attached hydrogen (secondary N) is 2. The fourth-order valence-corrected chi connectivity index (χ4v) is 9.54. The maximum absolute atomic E-state index is 14.1. The van der Waals surface area contributed by atoms with Crippen LogP contribution in [-0.2, 0) is 22.6 Å². The van der Waals surface area contributed by atoms with Gasteiger partial charge in [-0.05, 0) is 79.6 Å². The summed E-state index contributed by atoms with van der Waals surface area (Å²) in [5.74, 6) is 0.368. The lowest BCUT2D eigenvalue weighted by molar-refractivity contribution is -0.203. The molecule has 2 aromatic carbocycles. The summed E-state index contributed by atoms with van der Waals surface area (Å²) in [5, 5.41) is 18.8. The van der Waals surface area contributed by atoms with Crippen LogP contribution in [0.25, 0.3) is 11.1 Å². The molecule has 12 nitrogen and oxygen atoms in total. The molecule has 54 heavy (non-hydrogen) atoms. The smallest absolute Gasteiger partial charge is 0.251 e. The number of pyridine rings is 1. The summed E-state index contributed by atoms with van der Waals surface area (Å²) in [6.07, 6.45) is 3.87. The van der Waals surface area contributed by atoms with E-state index >= 15 is 0 Å². The number of para-hydroxylation sites is 1. The molecule has 2 aliphatic carbocycles. The van der Waals surface area contributed by atoms with E-state index in [9.17, 15) is 14.7 Å². The minimum atomic E-state index is -0.735. The summed E-state index contributed by atoms with van der Waals surface area (Å²) < 4.78 is 6.09. The quantitative estimate of drug-likeness (QED) is 0.182. The third kappa shape index (κ3) is 7.85. The predicted molar refractivity (Wildman–Crippen MR) is 211 cm³/mol. The average molecular weight is 742 g/mol. The Hall–Kier alpha value is -4.07. The molecule has 2 saturated carbocycles. The number of nitrogens with zero attached hydrogens (tertiary/aromatic N) is 4. The van der Waals surface area contributed by atoms with Crippen molar-refractivity contribution < 1.29 is 24.3 Å². The van der Waals surface area contributed by atoms with Crippen LogP contribution < -0.4 is 26.0 Å². The Labute approximate surface area is 320 Å². The molecule has 1 saturated heterocycles. The van der Waals surface area contributed by atoms with Gasteiger partial charge in [-0.3, -0.25) is 19.4 Å². The standard InChI is InChI=1S/C42H59N7O5/c1-41(2)25-42(3)35(41)20-36(42)46-40(52)37-33(24-50)34(21-43)54-49(37)22-26-12-11-14-32(38(26)53-8)27-16-28(18-31(17-27)48(6)7)39(51)45-30(23-47(4)5)19-29-13-9-10-15-44-29/h9-18,30,33-37,50H,19-25,43H2,1-8H3,(H,45,51)(H,46,52)/t30?,33-,34?,35-,36+,37+,42?/m1/s1. The molecule has 6 rings (SSSR count). The van der Waals surface area contributed by atoms with Gasteiger partial charge in [0.2, 0.25) is 5.91 Å². The van der Waals surface area contributed by atoms with Gasteiger partial charge in [-0.1, -0.05) is 45.0 Å². The number of carbonyl (C=O) groups excluding carboxylic acids is 2. The lowest BCUT2D eigenvalue weighted by Crippen LogP contribution is -2.72. The molecule has 3 aromatic rings. The summed E-state index contributed by atoms with van der Waals surface area (Å²) in [6.45, 7) is 7.69. The maximum Gasteiger partial charge on any atom is 0.251 e. The molecule has 3 aliphatic rings. The lowest BCUT2D eigenvalue weighted by atomic mass is 9.36. The molecule has 1 aliphatic heterocycles. The van der Waals surface area contributed by atoms with Gasteiger partial charge in [-0.15, -0.1) is 0 Å². The van der Waals surface area contributed by atoms with Crippen molar-refractivity contribution in [1.82, 2.24) is 25.6 Å². The number of likely N-dealkylation sites (N-methyl/N-ethyl adjacent to an activating group) is 1. The second-order valence-corrected chi connectivity index (χ2v) is 16.9. The summed E-state index contributed by atoms with van der Waals surface area (Å²) in [6, 6.07) is 16.7. The van der Waals surface area contributed by atoms with E-state index in [1.807, 2.05) is 87.7 Å². The molecular formula is C42H59N7O5. The largest absolute Gasteiger partial charge is 0.496 e. The Morgan fingerprint density at radius 2 is 1.89 bits per heavy atom. The number of aromatic nitrogens is 1. The number of aliphatic hydroxyl groups excluding tert-OH is 1. The Morgan fingerprint density at radius 3 is 2.48 bits per heavy atom. The van der Waals surface area contributed by atoms with Crippen molar-refractivity contribution in [1.29, 1.82) is 0 Å². The number of anilines is 1. The second-order valence-electron chi connectivity index (χ2n) is 16.9. The number of carbonyl (C=O) groups is 2. The average Bonchev–Trinajstić information content (AvgIpc) is 3.49. The Balaban J connectivity index is 1.27. The minimum Gasteiger partial charge on any atom is -0.496 e. The number of nitrogens with two attached hydrogens (primary N) is 1. The molecule has 0 radical (unpaired) electrons. The van der Waals surface area contributed by atoms with Crippen molar-refractivity contribution in [2.75, 3.05) is 59.9 Å². The van der Waals surface area contributed by atoms with Crippen molar-refractivity contribution in [3.63, 3.8) is 0 Å². The van der Waals surface area contributed by atoms with Crippen LogP contribution in [0.1, 0.15) is 55.2 Å². The molecule has 2 heterocycles. The molecule has 0 bridgehead atoms. The highest BCUT2D eigenvalue weighted by Gasteiger charge is 2.67. The van der Waals surface area contributed by atoms with Crippen molar-refractivity contribution in [2.24, 2.45) is 28.4 Å². The van der Waals surface area contributed by atoms with Gasteiger partial charge in [0.25, 0.3) is 5.91 Å². The number of methoxy groups -OCH3 is 1. The number of hydrogen-bond donors (Lipinski definition) is 4. The molecular weight excluding hydrogens is 683 g/mol. The third-order valence-electron chi connectivity index (χ3n) is 12.1. The van der Waals surface area contributed by atoms with Crippen LogP contribution in [-0.4, -0.2) is 111 Å². The Morgan fingerprint density at radius 1 is 1.11 bits per heavy atom. The number of benzene rings is 2. The first-order valence-electron chi connectivity index (χ1n) is 19.1. The molecule has 3 unspecified atom stereocenters. The van der Waals surface area contributed by atoms with E-state index in [1.54, 1.807) is 18.4 Å². The number of rotatable bonds is 15. The van der Waals surface area contributed by atoms with Crippen LogP contribution in [0.3, 0.4) is 0 Å². The number of aliphatic hydroxyl groups is 1. The SMILES string of the molecule is COc1c(CN2OC(CN)[C@@H](CO)[C@H]2C(=O)N[C@H]2C[C@@H]3C(C)(C)CC23C)cccc1-c1cc(C(=O)NC(Cc2ccccn2)CN(C)C)cc(N(C)C)c1. The van der Waals surface area contributed by atoms with E-state index < -0.39 is 18.1 Å². The van der Waals surface area contributed by atoms with Gasteiger partial charge in [0.1, 0.15) is 11.8 Å². The lowest BCUT2D eigenvalue weighted by Gasteiger charge is -2.71. The van der Waals surface area contributed by atoms with E-state index in [0.717, 1.165) is 40.9 Å². The van der Waals surface area contributed by atoms with Gasteiger partial charge in [0, 0.05) is 85.9 Å². The molecule has 0 spiro atoms. The van der Waals surface area contributed by atoms with Crippen LogP contribution in [0.5, 0.6) is 5.75 Å².